The minimum Gasteiger partial charge on any atom is -0.366 e. The molecule has 0 aliphatic carbocycles. The SMILES string of the molecule is CC(C)(CNc1nc(C(F)(F)F)nc2nc[nH]c12)N1CCc2ccccc2C1. The molecule has 148 valence electrons. The number of H-pyrrole nitrogens is 1. The Hall–Kier alpha value is -2.68. The highest BCUT2D eigenvalue weighted by molar-refractivity contribution is 5.82. The first-order valence-corrected chi connectivity index (χ1v) is 9.08. The van der Waals surface area contributed by atoms with Gasteiger partial charge in [0.15, 0.2) is 11.5 Å². The zero-order chi connectivity index (χ0) is 19.9. The number of fused-ring (bicyclic) bond motifs is 2. The number of alkyl halides is 3. The largest absolute Gasteiger partial charge is 0.451 e. The van der Waals surface area contributed by atoms with Gasteiger partial charge in [0.2, 0.25) is 5.82 Å². The number of benzene rings is 1. The molecule has 4 rings (SSSR count). The van der Waals surface area contributed by atoms with Crippen LogP contribution in [0, 0.1) is 0 Å². The molecule has 1 aliphatic rings. The Labute approximate surface area is 160 Å². The number of halogens is 3. The third-order valence-electron chi connectivity index (χ3n) is 5.21. The first-order valence-electron chi connectivity index (χ1n) is 9.08. The fourth-order valence-electron chi connectivity index (χ4n) is 3.51. The summed E-state index contributed by atoms with van der Waals surface area (Å²) in [6.45, 7) is 6.27. The van der Waals surface area contributed by atoms with Crippen LogP contribution in [0.1, 0.15) is 30.8 Å². The van der Waals surface area contributed by atoms with Crippen LogP contribution in [0.25, 0.3) is 11.2 Å². The normalized spacial score (nSPS) is 15.6. The van der Waals surface area contributed by atoms with E-state index in [2.05, 4.69) is 56.1 Å². The molecule has 0 saturated heterocycles. The van der Waals surface area contributed by atoms with E-state index in [4.69, 9.17) is 0 Å². The van der Waals surface area contributed by atoms with E-state index in [1.807, 2.05) is 12.1 Å². The van der Waals surface area contributed by atoms with Crippen LogP contribution in [-0.4, -0.2) is 43.5 Å². The second kappa shape index (κ2) is 6.73. The fraction of sp³-hybridized carbons (Fsp3) is 0.421. The van der Waals surface area contributed by atoms with E-state index < -0.39 is 12.0 Å². The number of aromatic nitrogens is 4. The molecule has 9 heteroatoms. The van der Waals surface area contributed by atoms with Crippen LogP contribution >= 0.6 is 0 Å². The lowest BCUT2D eigenvalue weighted by Gasteiger charge is -2.41. The van der Waals surface area contributed by atoms with Crippen molar-refractivity contribution in [3.8, 4) is 0 Å². The molecule has 0 unspecified atom stereocenters. The van der Waals surface area contributed by atoms with Gasteiger partial charge in [-0.3, -0.25) is 4.90 Å². The number of nitrogens with zero attached hydrogens (tertiary/aromatic N) is 4. The summed E-state index contributed by atoms with van der Waals surface area (Å²) in [6, 6.07) is 8.35. The number of hydrogen-bond donors (Lipinski definition) is 2. The second-order valence-electron chi connectivity index (χ2n) is 7.60. The van der Waals surface area contributed by atoms with Gasteiger partial charge in [-0.1, -0.05) is 24.3 Å². The van der Waals surface area contributed by atoms with Gasteiger partial charge in [0, 0.05) is 25.2 Å². The van der Waals surface area contributed by atoms with Crippen LogP contribution in [0.3, 0.4) is 0 Å². The highest BCUT2D eigenvalue weighted by atomic mass is 19.4. The van der Waals surface area contributed by atoms with Gasteiger partial charge in [0.05, 0.1) is 6.33 Å². The Bertz CT molecular complexity index is 995. The Kier molecular flexibility index (Phi) is 4.49. The molecule has 6 nitrogen and oxygen atoms in total. The quantitative estimate of drug-likeness (QED) is 0.712. The van der Waals surface area contributed by atoms with Gasteiger partial charge in [0.25, 0.3) is 0 Å². The number of aromatic amines is 1. The summed E-state index contributed by atoms with van der Waals surface area (Å²) in [6.07, 6.45) is -2.36. The van der Waals surface area contributed by atoms with Gasteiger partial charge in [-0.15, -0.1) is 0 Å². The van der Waals surface area contributed by atoms with Crippen molar-refractivity contribution in [1.29, 1.82) is 0 Å². The van der Waals surface area contributed by atoms with Gasteiger partial charge >= 0.3 is 6.18 Å². The maximum atomic E-state index is 13.1. The predicted molar refractivity (Wildman–Crippen MR) is 99.8 cm³/mol. The smallest absolute Gasteiger partial charge is 0.366 e. The summed E-state index contributed by atoms with van der Waals surface area (Å²) in [5, 5.41) is 3.08. The lowest BCUT2D eigenvalue weighted by molar-refractivity contribution is -0.144. The first kappa shape index (κ1) is 18.7. The van der Waals surface area contributed by atoms with Crippen LogP contribution in [0.15, 0.2) is 30.6 Å². The summed E-state index contributed by atoms with van der Waals surface area (Å²) in [5.74, 6) is -1.08. The van der Waals surface area contributed by atoms with Crippen molar-refractivity contribution in [2.75, 3.05) is 18.4 Å². The second-order valence-corrected chi connectivity index (χ2v) is 7.60. The number of anilines is 1. The van der Waals surface area contributed by atoms with Crippen molar-refractivity contribution >= 4 is 17.0 Å². The third-order valence-corrected chi connectivity index (χ3v) is 5.21. The topological polar surface area (TPSA) is 69.7 Å². The van der Waals surface area contributed by atoms with Crippen molar-refractivity contribution in [2.45, 2.75) is 38.5 Å². The highest BCUT2D eigenvalue weighted by Gasteiger charge is 2.36. The Balaban J connectivity index is 1.55. The summed E-state index contributed by atoms with van der Waals surface area (Å²) >= 11 is 0. The number of imidazole rings is 1. The average molecular weight is 390 g/mol. The van der Waals surface area contributed by atoms with E-state index >= 15 is 0 Å². The average Bonchev–Trinajstić information content (AvgIpc) is 3.14. The molecule has 0 saturated carbocycles. The molecule has 28 heavy (non-hydrogen) atoms. The summed E-state index contributed by atoms with van der Waals surface area (Å²) in [7, 11) is 0. The van der Waals surface area contributed by atoms with Crippen LogP contribution in [-0.2, 0) is 19.1 Å². The molecule has 0 spiro atoms. The molecule has 1 aliphatic heterocycles. The molecule has 0 radical (unpaired) electrons. The van der Waals surface area contributed by atoms with Crippen LogP contribution in [0.2, 0.25) is 0 Å². The third kappa shape index (κ3) is 3.54. The number of hydrogen-bond acceptors (Lipinski definition) is 5. The molecular weight excluding hydrogens is 369 g/mol. The lowest BCUT2D eigenvalue weighted by Crippen LogP contribution is -2.50. The maximum absolute atomic E-state index is 13.1. The van der Waals surface area contributed by atoms with E-state index in [0.717, 1.165) is 19.5 Å². The monoisotopic (exact) mass is 390 g/mol. The van der Waals surface area contributed by atoms with Crippen molar-refractivity contribution in [1.82, 2.24) is 24.8 Å². The van der Waals surface area contributed by atoms with E-state index in [1.54, 1.807) is 0 Å². The van der Waals surface area contributed by atoms with Gasteiger partial charge in [-0.2, -0.15) is 13.2 Å². The molecular formula is C19H21F3N6. The molecule has 0 bridgehead atoms. The minimum atomic E-state index is -4.63. The fourth-order valence-corrected chi connectivity index (χ4v) is 3.51. The van der Waals surface area contributed by atoms with Crippen LogP contribution < -0.4 is 5.32 Å². The van der Waals surface area contributed by atoms with Crippen LogP contribution in [0.5, 0.6) is 0 Å². The zero-order valence-electron chi connectivity index (χ0n) is 15.6. The number of nitrogens with one attached hydrogen (secondary N) is 2. The van der Waals surface area contributed by atoms with E-state index in [-0.39, 0.29) is 17.0 Å². The van der Waals surface area contributed by atoms with Crippen molar-refractivity contribution in [3.05, 3.63) is 47.5 Å². The van der Waals surface area contributed by atoms with Crippen molar-refractivity contribution < 1.29 is 13.2 Å². The summed E-state index contributed by atoms with van der Waals surface area (Å²) in [4.78, 5) is 16.2. The Morgan fingerprint density at radius 2 is 1.89 bits per heavy atom. The predicted octanol–water partition coefficient (Wildman–Crippen LogP) is 3.62. The van der Waals surface area contributed by atoms with Crippen molar-refractivity contribution in [3.63, 3.8) is 0 Å². The van der Waals surface area contributed by atoms with Gasteiger partial charge in [-0.05, 0) is 31.4 Å². The van der Waals surface area contributed by atoms with Crippen molar-refractivity contribution in [2.24, 2.45) is 0 Å². The zero-order valence-corrected chi connectivity index (χ0v) is 15.6. The lowest BCUT2D eigenvalue weighted by atomic mass is 9.94. The molecule has 2 N–H and O–H groups in total. The molecule has 3 aromatic rings. The minimum absolute atomic E-state index is 0.00506. The summed E-state index contributed by atoms with van der Waals surface area (Å²) < 4.78 is 39.3. The van der Waals surface area contributed by atoms with Gasteiger partial charge in [0.1, 0.15) is 5.52 Å². The van der Waals surface area contributed by atoms with Crippen LogP contribution in [0.4, 0.5) is 19.0 Å². The van der Waals surface area contributed by atoms with E-state index in [1.165, 1.54) is 17.5 Å². The standard InChI is InChI=1S/C19H21F3N6/c1-18(2,28-8-7-12-5-3-4-6-13(12)9-28)10-23-15-14-16(25-11-24-14)27-17(26-15)19(20,21)22/h3-6,11H,7-10H2,1-2H3,(H2,23,24,25,26,27). The highest BCUT2D eigenvalue weighted by Crippen LogP contribution is 2.30. The van der Waals surface area contributed by atoms with E-state index in [0.29, 0.717) is 12.1 Å². The molecule has 1 aromatic carbocycles. The Morgan fingerprint density at radius 3 is 2.64 bits per heavy atom. The number of rotatable bonds is 4. The van der Waals surface area contributed by atoms with Gasteiger partial charge in [-0.25, -0.2) is 15.0 Å². The first-order chi connectivity index (χ1) is 13.2. The molecule has 0 atom stereocenters. The Morgan fingerprint density at radius 1 is 1.14 bits per heavy atom. The maximum Gasteiger partial charge on any atom is 0.451 e. The summed E-state index contributed by atoms with van der Waals surface area (Å²) in [5.41, 5.74) is 2.72. The molecule has 3 heterocycles. The molecule has 0 fully saturated rings. The van der Waals surface area contributed by atoms with E-state index in [9.17, 15) is 13.2 Å². The molecule has 2 aromatic heterocycles. The van der Waals surface area contributed by atoms with Gasteiger partial charge < -0.3 is 10.3 Å². The molecule has 0 amide bonds.